The van der Waals surface area contributed by atoms with Gasteiger partial charge in [0.15, 0.2) is 5.78 Å². The fraction of sp³-hybridized carbons (Fsp3) is 0.667. The molecule has 4 nitrogen and oxygen atoms in total. The molecular formula is C12H18ClN3O. The topological polar surface area (TPSA) is 60.9 Å². The van der Waals surface area contributed by atoms with E-state index in [-0.39, 0.29) is 11.3 Å². The molecule has 0 saturated heterocycles. The van der Waals surface area contributed by atoms with E-state index in [1.54, 1.807) is 4.68 Å². The van der Waals surface area contributed by atoms with Crippen LogP contribution in [-0.4, -0.2) is 21.1 Å². The number of hydrogen-bond acceptors (Lipinski definition) is 3. The van der Waals surface area contributed by atoms with Crippen molar-refractivity contribution < 1.29 is 4.79 Å². The Morgan fingerprint density at radius 1 is 1.65 bits per heavy atom. The van der Waals surface area contributed by atoms with E-state index in [0.717, 1.165) is 25.7 Å². The highest BCUT2D eigenvalue weighted by molar-refractivity contribution is 6.33. The molecular weight excluding hydrogens is 238 g/mol. The number of carbonyl (C=O) groups excluding carboxylic acids is 1. The number of carbonyl (C=O) groups is 1. The van der Waals surface area contributed by atoms with E-state index < -0.39 is 0 Å². The summed E-state index contributed by atoms with van der Waals surface area (Å²) in [6.07, 6.45) is 5.81. The third-order valence-electron chi connectivity index (χ3n) is 3.36. The van der Waals surface area contributed by atoms with Crippen LogP contribution in [0.3, 0.4) is 0 Å². The monoisotopic (exact) mass is 255 g/mol. The van der Waals surface area contributed by atoms with Crippen molar-refractivity contribution in [2.75, 3.05) is 0 Å². The van der Waals surface area contributed by atoms with Crippen molar-refractivity contribution in [3.63, 3.8) is 0 Å². The molecule has 0 radical (unpaired) electrons. The molecule has 0 bridgehead atoms. The van der Waals surface area contributed by atoms with Gasteiger partial charge in [0.1, 0.15) is 5.69 Å². The second-order valence-corrected chi connectivity index (χ2v) is 5.29. The summed E-state index contributed by atoms with van der Waals surface area (Å²) < 4.78 is 1.69. The number of rotatable bonds is 5. The minimum absolute atomic E-state index is 0.0168. The lowest BCUT2D eigenvalue weighted by atomic mass is 9.74. The van der Waals surface area contributed by atoms with Crippen LogP contribution in [0.4, 0.5) is 0 Å². The maximum absolute atomic E-state index is 12.2. The van der Waals surface area contributed by atoms with E-state index in [1.165, 1.54) is 6.20 Å². The van der Waals surface area contributed by atoms with Crippen LogP contribution >= 0.6 is 11.6 Å². The van der Waals surface area contributed by atoms with Crippen molar-refractivity contribution in [1.29, 1.82) is 0 Å². The number of nitrogens with zero attached hydrogens (tertiary/aromatic N) is 2. The first kappa shape index (κ1) is 12.6. The zero-order chi connectivity index (χ0) is 12.5. The first-order chi connectivity index (χ1) is 8.06. The van der Waals surface area contributed by atoms with E-state index in [9.17, 15) is 4.79 Å². The van der Waals surface area contributed by atoms with E-state index in [4.69, 9.17) is 17.3 Å². The van der Waals surface area contributed by atoms with Crippen molar-refractivity contribution >= 4 is 17.4 Å². The highest BCUT2D eigenvalue weighted by atomic mass is 35.5. The largest absolute Gasteiger partial charge is 0.325 e. The van der Waals surface area contributed by atoms with E-state index in [2.05, 4.69) is 5.10 Å². The molecule has 17 heavy (non-hydrogen) atoms. The lowest BCUT2D eigenvalue weighted by molar-refractivity contribution is 0.0901. The Labute approximate surface area is 106 Å². The van der Waals surface area contributed by atoms with Crippen molar-refractivity contribution in [2.45, 2.75) is 51.1 Å². The Bertz CT molecular complexity index is 423. The van der Waals surface area contributed by atoms with Crippen molar-refractivity contribution in [3.8, 4) is 0 Å². The van der Waals surface area contributed by atoms with Crippen LogP contribution < -0.4 is 5.73 Å². The standard InChI is InChI=1S/C12H18ClN3O/c1-2-6-16-11(9(13)8-15-16)10(17)7-12(14)4-3-5-12/h8H,2-7,14H2,1H3. The maximum atomic E-state index is 12.2. The molecule has 1 heterocycles. The van der Waals surface area contributed by atoms with Crippen LogP contribution in [0.25, 0.3) is 0 Å². The van der Waals surface area contributed by atoms with Crippen molar-refractivity contribution in [1.82, 2.24) is 9.78 Å². The first-order valence-electron chi connectivity index (χ1n) is 6.09. The van der Waals surface area contributed by atoms with Crippen LogP contribution in [0.1, 0.15) is 49.5 Å². The van der Waals surface area contributed by atoms with Crippen LogP contribution in [0.15, 0.2) is 6.20 Å². The van der Waals surface area contributed by atoms with Gasteiger partial charge >= 0.3 is 0 Å². The molecule has 1 saturated carbocycles. The Balaban J connectivity index is 2.15. The van der Waals surface area contributed by atoms with E-state index in [0.29, 0.717) is 23.7 Å². The summed E-state index contributed by atoms with van der Waals surface area (Å²) in [6.45, 7) is 2.76. The molecule has 0 aromatic carbocycles. The molecule has 1 aliphatic carbocycles. The zero-order valence-corrected chi connectivity index (χ0v) is 10.8. The SMILES string of the molecule is CCCn1ncc(Cl)c1C(=O)CC1(N)CCC1. The Kier molecular flexibility index (Phi) is 3.54. The summed E-state index contributed by atoms with van der Waals surface area (Å²) in [5, 5.41) is 4.56. The van der Waals surface area contributed by atoms with Gasteiger partial charge in [0, 0.05) is 18.5 Å². The Morgan fingerprint density at radius 3 is 2.88 bits per heavy atom. The van der Waals surface area contributed by atoms with Gasteiger partial charge < -0.3 is 5.73 Å². The van der Waals surface area contributed by atoms with Gasteiger partial charge in [-0.25, -0.2) is 0 Å². The summed E-state index contributed by atoms with van der Waals surface area (Å²) in [5.41, 5.74) is 6.31. The van der Waals surface area contributed by atoms with Crippen molar-refractivity contribution in [3.05, 3.63) is 16.9 Å². The molecule has 1 aliphatic rings. The van der Waals surface area contributed by atoms with E-state index in [1.807, 2.05) is 6.92 Å². The number of Topliss-reactive ketones (excluding diaryl/α,β-unsaturated/α-hetero) is 1. The number of nitrogens with two attached hydrogens (primary N) is 1. The second-order valence-electron chi connectivity index (χ2n) is 4.88. The molecule has 0 aliphatic heterocycles. The third kappa shape index (κ3) is 2.53. The third-order valence-corrected chi connectivity index (χ3v) is 3.63. The fourth-order valence-electron chi connectivity index (χ4n) is 2.23. The van der Waals surface area contributed by atoms with Gasteiger partial charge in [0.2, 0.25) is 0 Å². The smallest absolute Gasteiger partial charge is 0.184 e. The van der Waals surface area contributed by atoms with Gasteiger partial charge in [-0.15, -0.1) is 0 Å². The minimum atomic E-state index is -0.304. The van der Waals surface area contributed by atoms with Crippen LogP contribution in [0, 0.1) is 0 Å². The molecule has 1 aromatic rings. The molecule has 1 aromatic heterocycles. The maximum Gasteiger partial charge on any atom is 0.184 e. The van der Waals surface area contributed by atoms with Gasteiger partial charge in [0.25, 0.3) is 0 Å². The van der Waals surface area contributed by atoms with Crippen molar-refractivity contribution in [2.24, 2.45) is 5.73 Å². The van der Waals surface area contributed by atoms with Crippen LogP contribution in [0.5, 0.6) is 0 Å². The first-order valence-corrected chi connectivity index (χ1v) is 6.47. The molecule has 0 spiro atoms. The molecule has 94 valence electrons. The van der Waals surface area contributed by atoms with Gasteiger partial charge in [-0.1, -0.05) is 18.5 Å². The number of ketones is 1. The lowest BCUT2D eigenvalue weighted by Gasteiger charge is -2.37. The Hall–Kier alpha value is -0.870. The number of halogens is 1. The second kappa shape index (κ2) is 4.78. The van der Waals surface area contributed by atoms with Crippen LogP contribution in [-0.2, 0) is 6.54 Å². The quantitative estimate of drug-likeness (QED) is 0.822. The average Bonchev–Trinajstić information content (AvgIpc) is 2.58. The minimum Gasteiger partial charge on any atom is -0.325 e. The summed E-state index contributed by atoms with van der Waals surface area (Å²) in [4.78, 5) is 12.2. The predicted molar refractivity (Wildman–Crippen MR) is 67.2 cm³/mol. The molecule has 5 heteroatoms. The summed E-state index contributed by atoms with van der Waals surface area (Å²) >= 11 is 6.02. The summed E-state index contributed by atoms with van der Waals surface area (Å²) in [5.74, 6) is 0.0168. The normalized spacial score (nSPS) is 17.8. The number of aromatic nitrogens is 2. The molecule has 1 fully saturated rings. The lowest BCUT2D eigenvalue weighted by Crippen LogP contribution is -2.48. The fourth-order valence-corrected chi connectivity index (χ4v) is 2.48. The number of hydrogen-bond donors (Lipinski definition) is 1. The average molecular weight is 256 g/mol. The Morgan fingerprint density at radius 2 is 2.35 bits per heavy atom. The molecule has 0 atom stereocenters. The zero-order valence-electron chi connectivity index (χ0n) is 10.1. The number of aryl methyl sites for hydroxylation is 1. The van der Waals surface area contributed by atoms with Gasteiger partial charge in [-0.05, 0) is 25.7 Å². The van der Waals surface area contributed by atoms with Gasteiger partial charge in [-0.2, -0.15) is 5.10 Å². The predicted octanol–water partition coefficient (Wildman–Crippen LogP) is 2.40. The molecule has 0 amide bonds. The molecule has 2 N–H and O–H groups in total. The van der Waals surface area contributed by atoms with Gasteiger partial charge in [0.05, 0.1) is 11.2 Å². The summed E-state index contributed by atoms with van der Waals surface area (Å²) in [6, 6.07) is 0. The van der Waals surface area contributed by atoms with Gasteiger partial charge in [-0.3, -0.25) is 9.48 Å². The van der Waals surface area contributed by atoms with Crippen LogP contribution in [0.2, 0.25) is 5.02 Å². The summed E-state index contributed by atoms with van der Waals surface area (Å²) in [7, 11) is 0. The highest BCUT2D eigenvalue weighted by Crippen LogP contribution is 2.33. The van der Waals surface area contributed by atoms with E-state index >= 15 is 0 Å². The molecule has 0 unspecified atom stereocenters. The molecule has 2 rings (SSSR count). The highest BCUT2D eigenvalue weighted by Gasteiger charge is 2.36.